The predicted octanol–water partition coefficient (Wildman–Crippen LogP) is 3.49. The Hall–Kier alpha value is -1.51. The smallest absolute Gasteiger partial charge is 0.251 e. The second-order valence-corrected chi connectivity index (χ2v) is 5.37. The lowest BCUT2D eigenvalue weighted by molar-refractivity contribution is 0.0956. The minimum absolute atomic E-state index is 0.00909. The zero-order valence-corrected chi connectivity index (χ0v) is 12.0. The first-order chi connectivity index (χ1) is 9.20. The van der Waals surface area contributed by atoms with Gasteiger partial charge in [0.2, 0.25) is 0 Å². The molecule has 0 bridgehead atoms. The van der Waals surface area contributed by atoms with Crippen molar-refractivity contribution in [3.05, 3.63) is 29.3 Å². The van der Waals surface area contributed by atoms with E-state index >= 15 is 0 Å². The Balaban J connectivity index is 2.04. The molecule has 1 aliphatic carbocycles. The number of aryl methyl sites for hydroxylation is 1. The van der Waals surface area contributed by atoms with Crippen LogP contribution in [0.5, 0.6) is 0 Å². The zero-order valence-electron chi connectivity index (χ0n) is 12.0. The van der Waals surface area contributed by atoms with Crippen LogP contribution in [0.25, 0.3) is 0 Å². The van der Waals surface area contributed by atoms with Gasteiger partial charge in [-0.05, 0) is 50.5 Å². The van der Waals surface area contributed by atoms with Crippen molar-refractivity contribution >= 4 is 11.6 Å². The quantitative estimate of drug-likeness (QED) is 0.870. The molecule has 3 heteroatoms. The van der Waals surface area contributed by atoms with Crippen LogP contribution in [0.15, 0.2) is 18.2 Å². The highest BCUT2D eigenvalue weighted by Gasteiger charge is 2.14. The first-order valence-electron chi connectivity index (χ1n) is 7.36. The molecular weight excluding hydrogens is 236 g/mol. The van der Waals surface area contributed by atoms with Crippen LogP contribution in [0, 0.1) is 6.92 Å². The zero-order chi connectivity index (χ0) is 13.7. The first-order valence-corrected chi connectivity index (χ1v) is 7.36. The van der Waals surface area contributed by atoms with Crippen LogP contribution < -0.4 is 10.6 Å². The molecule has 104 valence electrons. The molecule has 1 aromatic carbocycles. The lowest BCUT2D eigenvalue weighted by atomic mass is 9.95. The average molecular weight is 260 g/mol. The van der Waals surface area contributed by atoms with Crippen molar-refractivity contribution in [2.45, 2.75) is 52.0 Å². The highest BCUT2D eigenvalue weighted by atomic mass is 16.1. The molecule has 0 aliphatic heterocycles. The summed E-state index contributed by atoms with van der Waals surface area (Å²) >= 11 is 0. The van der Waals surface area contributed by atoms with Gasteiger partial charge < -0.3 is 10.6 Å². The van der Waals surface area contributed by atoms with Crippen LogP contribution in [0.4, 0.5) is 5.69 Å². The van der Waals surface area contributed by atoms with Crippen LogP contribution in [0.1, 0.15) is 54.9 Å². The average Bonchev–Trinajstić information content (AvgIpc) is 2.42. The van der Waals surface area contributed by atoms with E-state index in [4.69, 9.17) is 0 Å². The molecule has 0 atom stereocenters. The summed E-state index contributed by atoms with van der Waals surface area (Å²) in [6, 6.07) is 6.51. The lowest BCUT2D eigenvalue weighted by Crippen LogP contribution is -2.24. The number of nitrogens with one attached hydrogen (secondary N) is 2. The topological polar surface area (TPSA) is 41.1 Å². The highest BCUT2D eigenvalue weighted by molar-refractivity contribution is 5.94. The van der Waals surface area contributed by atoms with Gasteiger partial charge in [-0.15, -0.1) is 0 Å². The molecule has 2 rings (SSSR count). The molecule has 0 heterocycles. The third-order valence-corrected chi connectivity index (χ3v) is 3.79. The molecule has 0 saturated heterocycles. The number of carbonyl (C=O) groups is 1. The van der Waals surface area contributed by atoms with E-state index in [9.17, 15) is 4.79 Å². The monoisotopic (exact) mass is 260 g/mol. The Bertz CT molecular complexity index is 436. The van der Waals surface area contributed by atoms with Gasteiger partial charge in [0, 0.05) is 23.8 Å². The molecule has 19 heavy (non-hydrogen) atoms. The summed E-state index contributed by atoms with van der Waals surface area (Å²) in [7, 11) is 0. The van der Waals surface area contributed by atoms with Crippen LogP contribution in [0.3, 0.4) is 0 Å². The fraction of sp³-hybridized carbons (Fsp3) is 0.562. The van der Waals surface area contributed by atoms with Gasteiger partial charge in [0.25, 0.3) is 5.91 Å². The fourth-order valence-electron chi connectivity index (χ4n) is 2.70. The Morgan fingerprint density at radius 1 is 1.26 bits per heavy atom. The van der Waals surface area contributed by atoms with Crippen LogP contribution >= 0.6 is 0 Å². The summed E-state index contributed by atoms with van der Waals surface area (Å²) in [5.74, 6) is 0.00909. The fourth-order valence-corrected chi connectivity index (χ4v) is 2.70. The van der Waals surface area contributed by atoms with E-state index in [1.165, 1.54) is 37.8 Å². The highest BCUT2D eigenvalue weighted by Crippen LogP contribution is 2.24. The van der Waals surface area contributed by atoms with E-state index in [2.05, 4.69) is 17.6 Å². The van der Waals surface area contributed by atoms with Crippen molar-refractivity contribution < 1.29 is 4.79 Å². The standard InChI is InChI=1S/C16H24N2O/c1-3-17-16(19)13-9-10-15(12(2)11-13)18-14-7-5-4-6-8-14/h9-11,14,18H,3-8H2,1-2H3,(H,17,19). The number of hydrogen-bond acceptors (Lipinski definition) is 2. The minimum Gasteiger partial charge on any atom is -0.382 e. The Morgan fingerprint density at radius 3 is 2.63 bits per heavy atom. The molecule has 3 nitrogen and oxygen atoms in total. The third-order valence-electron chi connectivity index (χ3n) is 3.79. The van der Waals surface area contributed by atoms with Crippen LogP contribution in [0.2, 0.25) is 0 Å². The Labute approximate surface area is 115 Å². The third kappa shape index (κ3) is 3.72. The molecule has 2 N–H and O–H groups in total. The number of hydrogen-bond donors (Lipinski definition) is 2. The number of anilines is 1. The van der Waals surface area contributed by atoms with E-state index in [-0.39, 0.29) is 5.91 Å². The Kier molecular flexibility index (Phi) is 4.83. The van der Waals surface area contributed by atoms with Crippen molar-refractivity contribution in [1.82, 2.24) is 5.32 Å². The second kappa shape index (κ2) is 6.60. The van der Waals surface area contributed by atoms with Gasteiger partial charge in [-0.3, -0.25) is 4.79 Å². The SMILES string of the molecule is CCNC(=O)c1ccc(NC2CCCCC2)c(C)c1. The van der Waals surface area contributed by atoms with Crippen molar-refractivity contribution in [3.63, 3.8) is 0 Å². The normalized spacial score (nSPS) is 16.1. The summed E-state index contributed by atoms with van der Waals surface area (Å²) in [6.07, 6.45) is 6.55. The molecule has 0 aromatic heterocycles. The summed E-state index contributed by atoms with van der Waals surface area (Å²) in [5.41, 5.74) is 3.06. The molecule has 0 radical (unpaired) electrons. The van der Waals surface area contributed by atoms with Gasteiger partial charge in [-0.25, -0.2) is 0 Å². The summed E-state index contributed by atoms with van der Waals surface area (Å²) in [6.45, 7) is 4.66. The predicted molar refractivity (Wildman–Crippen MR) is 79.7 cm³/mol. The number of carbonyl (C=O) groups excluding carboxylic acids is 1. The van der Waals surface area contributed by atoms with E-state index < -0.39 is 0 Å². The van der Waals surface area contributed by atoms with E-state index in [0.29, 0.717) is 12.6 Å². The Morgan fingerprint density at radius 2 is 2.00 bits per heavy atom. The lowest BCUT2D eigenvalue weighted by Gasteiger charge is -2.25. The second-order valence-electron chi connectivity index (χ2n) is 5.37. The van der Waals surface area contributed by atoms with Gasteiger partial charge in [0.15, 0.2) is 0 Å². The molecule has 1 fully saturated rings. The summed E-state index contributed by atoms with van der Waals surface area (Å²) in [4.78, 5) is 11.8. The van der Waals surface area contributed by atoms with E-state index in [0.717, 1.165) is 11.1 Å². The number of amides is 1. The molecule has 0 unspecified atom stereocenters. The van der Waals surface area contributed by atoms with Gasteiger partial charge in [-0.2, -0.15) is 0 Å². The largest absolute Gasteiger partial charge is 0.382 e. The maximum Gasteiger partial charge on any atom is 0.251 e. The van der Waals surface area contributed by atoms with Gasteiger partial charge in [0.1, 0.15) is 0 Å². The molecule has 1 aliphatic rings. The molecule has 1 aromatic rings. The van der Waals surface area contributed by atoms with Gasteiger partial charge in [-0.1, -0.05) is 19.3 Å². The van der Waals surface area contributed by atoms with Gasteiger partial charge >= 0.3 is 0 Å². The first kappa shape index (κ1) is 13.9. The van der Waals surface area contributed by atoms with Crippen molar-refractivity contribution in [2.75, 3.05) is 11.9 Å². The molecule has 0 spiro atoms. The number of benzene rings is 1. The molecule has 1 saturated carbocycles. The number of rotatable bonds is 4. The van der Waals surface area contributed by atoms with Gasteiger partial charge in [0.05, 0.1) is 0 Å². The van der Waals surface area contributed by atoms with Crippen LogP contribution in [-0.2, 0) is 0 Å². The van der Waals surface area contributed by atoms with Crippen LogP contribution in [-0.4, -0.2) is 18.5 Å². The van der Waals surface area contributed by atoms with Crippen molar-refractivity contribution in [2.24, 2.45) is 0 Å². The van der Waals surface area contributed by atoms with Crippen molar-refractivity contribution in [1.29, 1.82) is 0 Å². The van der Waals surface area contributed by atoms with E-state index in [1.807, 2.05) is 25.1 Å². The summed E-state index contributed by atoms with van der Waals surface area (Å²) in [5, 5.41) is 6.45. The summed E-state index contributed by atoms with van der Waals surface area (Å²) < 4.78 is 0. The molecular formula is C16H24N2O. The van der Waals surface area contributed by atoms with E-state index in [1.54, 1.807) is 0 Å². The maximum atomic E-state index is 11.8. The minimum atomic E-state index is 0.00909. The molecule has 1 amide bonds. The van der Waals surface area contributed by atoms with Crippen molar-refractivity contribution in [3.8, 4) is 0 Å². The maximum absolute atomic E-state index is 11.8.